The van der Waals surface area contributed by atoms with E-state index in [1.54, 1.807) is 0 Å². The van der Waals surface area contributed by atoms with Crippen LogP contribution in [0, 0.1) is 0 Å². The monoisotopic (exact) mass is 552 g/mol. The second kappa shape index (κ2) is 14.6. The first kappa shape index (κ1) is 30.0. The molecule has 8 nitrogen and oxygen atoms in total. The Morgan fingerprint density at radius 3 is 2.10 bits per heavy atom. The summed E-state index contributed by atoms with van der Waals surface area (Å²) < 4.78 is 22.7. The number of carbonyl (C=O) groups is 2. The van der Waals surface area contributed by atoms with Crippen LogP contribution in [-0.2, 0) is 23.7 Å². The quantitative estimate of drug-likeness (QED) is 0.272. The predicted octanol–water partition coefficient (Wildman–Crippen LogP) is 5.14. The molecule has 2 aliphatic rings. The molecule has 1 fully saturated rings. The first-order valence-corrected chi connectivity index (χ1v) is 14.5. The summed E-state index contributed by atoms with van der Waals surface area (Å²) in [7, 11) is 0. The lowest BCUT2D eigenvalue weighted by molar-refractivity contribution is -0.155. The summed E-state index contributed by atoms with van der Waals surface area (Å²) >= 11 is 0. The Hall–Kier alpha value is -2.94. The lowest BCUT2D eigenvalue weighted by Gasteiger charge is -2.34. The van der Waals surface area contributed by atoms with Crippen molar-refractivity contribution in [3.8, 4) is 11.1 Å². The maximum atomic E-state index is 13.4. The van der Waals surface area contributed by atoms with Crippen molar-refractivity contribution >= 4 is 12.1 Å². The summed E-state index contributed by atoms with van der Waals surface area (Å²) in [5.74, 6) is -0.173. The molecule has 0 spiro atoms. The summed E-state index contributed by atoms with van der Waals surface area (Å²) in [5.41, 5.74) is 4.39. The Morgan fingerprint density at radius 2 is 1.48 bits per heavy atom. The van der Waals surface area contributed by atoms with Gasteiger partial charge in [0, 0.05) is 31.5 Å². The second-order valence-corrected chi connectivity index (χ2v) is 11.4. The summed E-state index contributed by atoms with van der Waals surface area (Å²) in [4.78, 5) is 27.0. The van der Waals surface area contributed by atoms with Gasteiger partial charge in [0.25, 0.3) is 0 Å². The van der Waals surface area contributed by atoms with Crippen LogP contribution in [0.3, 0.4) is 0 Å². The molecule has 1 saturated heterocycles. The number of nitrogens with zero attached hydrogens (tertiary/aromatic N) is 1. The Labute approximate surface area is 238 Å². The molecular formula is C32H44N2O6. The van der Waals surface area contributed by atoms with Crippen LogP contribution >= 0.6 is 0 Å². The van der Waals surface area contributed by atoms with Crippen molar-refractivity contribution in [2.75, 3.05) is 52.7 Å². The minimum absolute atomic E-state index is 0.0370. The third-order valence-electron chi connectivity index (χ3n) is 7.26. The molecule has 0 radical (unpaired) electrons. The number of nitrogens with one attached hydrogen (secondary N) is 1. The van der Waals surface area contributed by atoms with Crippen molar-refractivity contribution in [3.05, 3.63) is 59.7 Å². The van der Waals surface area contributed by atoms with Gasteiger partial charge in [0.05, 0.1) is 19.8 Å². The summed E-state index contributed by atoms with van der Waals surface area (Å²) in [5, 5.41) is 3.37. The number of hydrogen-bond donors (Lipinski definition) is 1. The van der Waals surface area contributed by atoms with Gasteiger partial charge in [0.1, 0.15) is 12.2 Å². The van der Waals surface area contributed by atoms with Gasteiger partial charge in [-0.15, -0.1) is 0 Å². The van der Waals surface area contributed by atoms with Crippen molar-refractivity contribution in [1.29, 1.82) is 0 Å². The van der Waals surface area contributed by atoms with E-state index < -0.39 is 5.60 Å². The van der Waals surface area contributed by atoms with Crippen LogP contribution in [-0.4, -0.2) is 81.3 Å². The van der Waals surface area contributed by atoms with Gasteiger partial charge in [-0.3, -0.25) is 4.79 Å². The lowest BCUT2D eigenvalue weighted by atomic mass is 9.98. The summed E-state index contributed by atoms with van der Waals surface area (Å²) in [6.07, 6.45) is 2.45. The van der Waals surface area contributed by atoms with Crippen LogP contribution in [0.4, 0.5) is 4.79 Å². The van der Waals surface area contributed by atoms with E-state index in [1.165, 1.54) is 22.3 Å². The molecule has 1 amide bonds. The predicted molar refractivity (Wildman–Crippen MR) is 154 cm³/mol. The van der Waals surface area contributed by atoms with Crippen molar-refractivity contribution in [3.63, 3.8) is 0 Å². The molecule has 2 aromatic carbocycles. The first-order valence-electron chi connectivity index (χ1n) is 14.5. The fraction of sp³-hybridized carbons (Fsp3) is 0.562. The van der Waals surface area contributed by atoms with Crippen LogP contribution in [0.15, 0.2) is 48.5 Å². The highest BCUT2D eigenvalue weighted by Gasteiger charge is 2.31. The number of ether oxygens (including phenoxy) is 4. The van der Waals surface area contributed by atoms with Gasteiger partial charge in [0.15, 0.2) is 0 Å². The topological polar surface area (TPSA) is 86.3 Å². The fourth-order valence-electron chi connectivity index (χ4n) is 5.41. The zero-order chi connectivity index (χ0) is 28.4. The number of amides is 1. The molecule has 0 bridgehead atoms. The Balaban J connectivity index is 1.21. The molecule has 0 unspecified atom stereocenters. The maximum Gasteiger partial charge on any atom is 0.410 e. The largest absolute Gasteiger partial charge is 0.460 e. The number of hydrogen-bond acceptors (Lipinski definition) is 7. The van der Waals surface area contributed by atoms with E-state index in [2.05, 4.69) is 41.7 Å². The highest BCUT2D eigenvalue weighted by Crippen LogP contribution is 2.44. The van der Waals surface area contributed by atoms with Crippen LogP contribution in [0.1, 0.15) is 63.5 Å². The molecule has 0 aromatic heterocycles. The Kier molecular flexibility index (Phi) is 11.0. The molecule has 1 N–H and O–H groups in total. The molecule has 1 aliphatic heterocycles. The number of piperidine rings is 1. The average molecular weight is 553 g/mol. The smallest absolute Gasteiger partial charge is 0.410 e. The molecule has 0 saturated carbocycles. The van der Waals surface area contributed by atoms with E-state index in [0.717, 1.165) is 25.9 Å². The van der Waals surface area contributed by atoms with Gasteiger partial charge in [-0.1, -0.05) is 48.5 Å². The van der Waals surface area contributed by atoms with E-state index in [9.17, 15) is 9.59 Å². The van der Waals surface area contributed by atoms with Gasteiger partial charge < -0.3 is 29.2 Å². The summed E-state index contributed by atoms with van der Waals surface area (Å²) in [6, 6.07) is 16.9. The molecule has 8 heteroatoms. The SMILES string of the molecule is CC(C)(C)OC(=O)CCCOCCOCCN(C(=O)OCC1c2ccccc2-c2ccccc21)C1CCNCC1. The zero-order valence-electron chi connectivity index (χ0n) is 24.2. The van der Waals surface area contributed by atoms with Crippen molar-refractivity contribution < 1.29 is 28.5 Å². The van der Waals surface area contributed by atoms with E-state index in [1.807, 2.05) is 37.8 Å². The van der Waals surface area contributed by atoms with Crippen molar-refractivity contribution in [1.82, 2.24) is 10.2 Å². The zero-order valence-corrected chi connectivity index (χ0v) is 24.2. The van der Waals surface area contributed by atoms with Crippen molar-refractivity contribution in [2.24, 2.45) is 0 Å². The van der Waals surface area contributed by atoms with E-state index >= 15 is 0 Å². The summed E-state index contributed by atoms with van der Waals surface area (Å²) in [6.45, 7) is 9.89. The normalized spacial score (nSPS) is 15.4. The average Bonchev–Trinajstić information content (AvgIpc) is 3.26. The number of carbonyl (C=O) groups excluding carboxylic acids is 2. The van der Waals surface area contributed by atoms with Gasteiger partial charge in [-0.25, -0.2) is 4.79 Å². The van der Waals surface area contributed by atoms with Gasteiger partial charge in [-0.05, 0) is 75.4 Å². The molecule has 0 atom stereocenters. The third-order valence-corrected chi connectivity index (χ3v) is 7.26. The van der Waals surface area contributed by atoms with E-state index in [-0.39, 0.29) is 24.0 Å². The van der Waals surface area contributed by atoms with Crippen LogP contribution < -0.4 is 5.32 Å². The highest BCUT2D eigenvalue weighted by atomic mass is 16.6. The lowest BCUT2D eigenvalue weighted by Crippen LogP contribution is -2.48. The number of rotatable bonds is 13. The number of benzene rings is 2. The molecule has 4 rings (SSSR count). The molecule has 40 heavy (non-hydrogen) atoms. The van der Waals surface area contributed by atoms with Crippen LogP contribution in [0.5, 0.6) is 0 Å². The van der Waals surface area contributed by atoms with Crippen LogP contribution in [0.2, 0.25) is 0 Å². The van der Waals surface area contributed by atoms with Crippen molar-refractivity contribution in [2.45, 2.75) is 64.0 Å². The molecule has 1 aliphatic carbocycles. The number of fused-ring (bicyclic) bond motifs is 3. The molecule has 1 heterocycles. The standard InChI is InChI=1S/C32H44N2O6/c1-32(2,3)40-30(35)13-8-19-37-21-22-38-20-18-34(24-14-16-33-17-15-24)31(36)39-23-29-27-11-6-4-9-25(27)26-10-5-7-12-28(26)29/h4-7,9-12,24,29,33H,8,13-23H2,1-3H3. The molecule has 218 valence electrons. The maximum absolute atomic E-state index is 13.4. The molecular weight excluding hydrogens is 508 g/mol. The second-order valence-electron chi connectivity index (χ2n) is 11.4. The Bertz CT molecular complexity index is 1060. The van der Waals surface area contributed by atoms with E-state index in [0.29, 0.717) is 52.4 Å². The Morgan fingerprint density at radius 1 is 0.875 bits per heavy atom. The van der Waals surface area contributed by atoms with Gasteiger partial charge in [0.2, 0.25) is 0 Å². The van der Waals surface area contributed by atoms with Gasteiger partial charge in [-0.2, -0.15) is 0 Å². The highest BCUT2D eigenvalue weighted by molar-refractivity contribution is 5.79. The molecule has 2 aromatic rings. The minimum Gasteiger partial charge on any atom is -0.460 e. The third kappa shape index (κ3) is 8.53. The van der Waals surface area contributed by atoms with Crippen LogP contribution in [0.25, 0.3) is 11.1 Å². The number of esters is 1. The van der Waals surface area contributed by atoms with E-state index in [4.69, 9.17) is 18.9 Å². The minimum atomic E-state index is -0.465. The van der Waals surface area contributed by atoms with Gasteiger partial charge >= 0.3 is 12.1 Å². The fourth-order valence-corrected chi connectivity index (χ4v) is 5.41. The first-order chi connectivity index (χ1) is 19.3.